The van der Waals surface area contributed by atoms with Crippen LogP contribution in [0.15, 0.2) is 29.4 Å². The maximum Gasteiger partial charge on any atom is 0.435 e. The molecule has 1 atom stereocenters. The zero-order valence-electron chi connectivity index (χ0n) is 18.5. The fourth-order valence-electron chi connectivity index (χ4n) is 3.93. The zero-order valence-corrected chi connectivity index (χ0v) is 19.3. The third-order valence-corrected chi connectivity index (χ3v) is 6.86. The second kappa shape index (κ2) is 10.2. The Balaban J connectivity index is 1.36. The molecule has 0 aliphatic carbocycles. The molecule has 16 heteroatoms. The van der Waals surface area contributed by atoms with Crippen LogP contribution in [0.1, 0.15) is 47.0 Å². The molecule has 4 heterocycles. The maximum atomic E-state index is 13.1. The Morgan fingerprint density at radius 3 is 2.47 bits per heavy atom. The number of aromatic nitrogens is 3. The molecule has 196 valence electrons. The lowest BCUT2D eigenvalue weighted by atomic mass is 9.98. The summed E-state index contributed by atoms with van der Waals surface area (Å²) in [7, 11) is 0. The largest absolute Gasteiger partial charge is 0.435 e. The molecule has 2 aromatic heterocycles. The molecule has 0 radical (unpaired) electrons. The zero-order chi connectivity index (χ0) is 26.1. The van der Waals surface area contributed by atoms with Crippen molar-refractivity contribution in [3.05, 3.63) is 61.6 Å². The third kappa shape index (κ3) is 6.04. The molecule has 0 bridgehead atoms. The first kappa shape index (κ1) is 26.1. The molecule has 2 aliphatic heterocycles. The van der Waals surface area contributed by atoms with Crippen LogP contribution in [0.3, 0.4) is 0 Å². The highest BCUT2D eigenvalue weighted by Gasteiger charge is 2.41. The second-order valence-corrected chi connectivity index (χ2v) is 9.14. The average Bonchev–Trinajstić information content (AvgIpc) is 3.40. The van der Waals surface area contributed by atoms with Crippen LogP contribution >= 0.6 is 11.3 Å². The van der Waals surface area contributed by atoms with Crippen molar-refractivity contribution in [2.45, 2.75) is 37.3 Å². The molecule has 0 aromatic carbocycles. The van der Waals surface area contributed by atoms with Gasteiger partial charge in [-0.1, -0.05) is 0 Å². The highest BCUT2D eigenvalue weighted by atomic mass is 32.1. The van der Waals surface area contributed by atoms with E-state index in [1.54, 1.807) is 4.90 Å². The van der Waals surface area contributed by atoms with Crippen molar-refractivity contribution in [1.29, 1.82) is 0 Å². The molecule has 0 spiro atoms. The molecule has 4 rings (SSSR count). The molecule has 0 amide bonds. The predicted octanol–water partition coefficient (Wildman–Crippen LogP) is 4.04. The monoisotopic (exact) mass is 537 g/mol. The molecule has 2 aliphatic rings. The van der Waals surface area contributed by atoms with Gasteiger partial charge in [0.05, 0.1) is 22.2 Å². The number of nitro groups is 1. The highest BCUT2D eigenvalue weighted by Crippen LogP contribution is 2.36. The SMILES string of the molecule is O=[N+]([O-])C1=CCNC(c2csc(C3CCN(C=Cn4nc(C(F)(F)F)cc4C(F)(F)F)CC3)n2)NC1. The molecule has 36 heavy (non-hydrogen) atoms. The minimum absolute atomic E-state index is 0.0110. The summed E-state index contributed by atoms with van der Waals surface area (Å²) >= 11 is 1.46. The van der Waals surface area contributed by atoms with Gasteiger partial charge < -0.3 is 4.90 Å². The van der Waals surface area contributed by atoms with Gasteiger partial charge in [0.2, 0.25) is 0 Å². The summed E-state index contributed by atoms with van der Waals surface area (Å²) in [6, 6.07) is -0.0110. The Labute approximate surface area is 204 Å². The number of piperidine rings is 1. The predicted molar refractivity (Wildman–Crippen MR) is 117 cm³/mol. The van der Waals surface area contributed by atoms with E-state index in [-0.39, 0.29) is 35.1 Å². The van der Waals surface area contributed by atoms with Crippen LogP contribution in [0, 0.1) is 10.1 Å². The standard InChI is InChI=1S/C20H21F6N7O2S/c21-19(22,23)15-9-16(20(24,25)26)32(30-15)8-7-31-5-2-12(3-6-31)18-29-14(11-36-18)17-27-4-1-13(10-28-17)33(34)35/h1,7-9,11-12,17,27-28H,2-6,10H2. The van der Waals surface area contributed by atoms with Gasteiger partial charge in [-0.2, -0.15) is 31.4 Å². The van der Waals surface area contributed by atoms with Gasteiger partial charge in [0.25, 0.3) is 5.70 Å². The van der Waals surface area contributed by atoms with Gasteiger partial charge in [-0.15, -0.1) is 11.3 Å². The van der Waals surface area contributed by atoms with Crippen LogP contribution in [0.4, 0.5) is 26.3 Å². The lowest BCUT2D eigenvalue weighted by Gasteiger charge is -2.30. The van der Waals surface area contributed by atoms with Gasteiger partial charge in [-0.3, -0.25) is 20.7 Å². The summed E-state index contributed by atoms with van der Waals surface area (Å²) in [5, 5.41) is 23.0. The normalized spacial score (nSPS) is 20.6. The number of nitrogens with zero attached hydrogens (tertiary/aromatic N) is 5. The number of likely N-dealkylation sites (tertiary alicyclic amines) is 1. The van der Waals surface area contributed by atoms with Crippen molar-refractivity contribution in [2.24, 2.45) is 0 Å². The summed E-state index contributed by atoms with van der Waals surface area (Å²) in [6.07, 6.45) is -5.32. The summed E-state index contributed by atoms with van der Waals surface area (Å²) in [4.78, 5) is 16.9. The van der Waals surface area contributed by atoms with Gasteiger partial charge in [-0.05, 0) is 12.8 Å². The quantitative estimate of drug-likeness (QED) is 0.337. The molecule has 1 fully saturated rings. The molecule has 9 nitrogen and oxygen atoms in total. The smallest absolute Gasteiger partial charge is 0.376 e. The summed E-state index contributed by atoms with van der Waals surface area (Å²) in [5.41, 5.74) is -2.32. The van der Waals surface area contributed by atoms with E-state index in [1.807, 2.05) is 5.38 Å². The van der Waals surface area contributed by atoms with Crippen LogP contribution < -0.4 is 10.6 Å². The third-order valence-electron chi connectivity index (χ3n) is 5.83. The van der Waals surface area contributed by atoms with Crippen LogP contribution in [0.2, 0.25) is 0 Å². The number of hydrogen-bond donors (Lipinski definition) is 2. The van der Waals surface area contributed by atoms with E-state index in [2.05, 4.69) is 20.7 Å². The van der Waals surface area contributed by atoms with Gasteiger partial charge in [0.15, 0.2) is 5.69 Å². The van der Waals surface area contributed by atoms with Crippen molar-refractivity contribution in [1.82, 2.24) is 30.3 Å². The average molecular weight is 537 g/mol. The molecule has 1 saturated heterocycles. The Hall–Kier alpha value is -2.98. The fourth-order valence-corrected chi connectivity index (χ4v) is 4.94. The minimum Gasteiger partial charge on any atom is -0.376 e. The van der Waals surface area contributed by atoms with E-state index in [9.17, 15) is 36.5 Å². The van der Waals surface area contributed by atoms with Crippen LogP contribution in [0.25, 0.3) is 6.20 Å². The van der Waals surface area contributed by atoms with E-state index in [4.69, 9.17) is 0 Å². The molecule has 2 N–H and O–H groups in total. The van der Waals surface area contributed by atoms with Gasteiger partial charge in [0, 0.05) is 55.5 Å². The van der Waals surface area contributed by atoms with Gasteiger partial charge in [0.1, 0.15) is 11.9 Å². The summed E-state index contributed by atoms with van der Waals surface area (Å²) < 4.78 is 78.2. The number of hydrogen-bond acceptors (Lipinski definition) is 8. The van der Waals surface area contributed by atoms with Crippen LogP contribution in [0.5, 0.6) is 0 Å². The lowest BCUT2D eigenvalue weighted by molar-refractivity contribution is -0.426. The summed E-state index contributed by atoms with van der Waals surface area (Å²) in [6.45, 7) is 1.36. The highest BCUT2D eigenvalue weighted by molar-refractivity contribution is 7.09. The van der Waals surface area contributed by atoms with Crippen molar-refractivity contribution in [3.63, 3.8) is 0 Å². The minimum atomic E-state index is -4.99. The molecular formula is C20H21F6N7O2S. The molecule has 2 aromatic rings. The van der Waals surface area contributed by atoms with Crippen molar-refractivity contribution in [2.75, 3.05) is 26.2 Å². The first-order valence-corrected chi connectivity index (χ1v) is 11.7. The van der Waals surface area contributed by atoms with Crippen LogP contribution in [-0.2, 0) is 12.4 Å². The van der Waals surface area contributed by atoms with E-state index >= 15 is 0 Å². The Bertz CT molecular complexity index is 1150. The van der Waals surface area contributed by atoms with Crippen LogP contribution in [-0.4, -0.2) is 50.8 Å². The molecular weight excluding hydrogens is 516 g/mol. The van der Waals surface area contributed by atoms with E-state index < -0.39 is 28.7 Å². The molecule has 0 saturated carbocycles. The Kier molecular flexibility index (Phi) is 7.38. The van der Waals surface area contributed by atoms with Crippen molar-refractivity contribution >= 4 is 17.5 Å². The Morgan fingerprint density at radius 1 is 1.11 bits per heavy atom. The lowest BCUT2D eigenvalue weighted by Crippen LogP contribution is -2.34. The first-order valence-electron chi connectivity index (χ1n) is 10.8. The number of nitrogens with one attached hydrogen (secondary N) is 2. The topological polar surface area (TPSA) is 101 Å². The van der Waals surface area contributed by atoms with Gasteiger partial charge >= 0.3 is 12.4 Å². The summed E-state index contributed by atoms with van der Waals surface area (Å²) in [5.74, 6) is 0.110. The number of alkyl halides is 6. The molecule has 1 unspecified atom stereocenters. The number of rotatable bonds is 5. The van der Waals surface area contributed by atoms with E-state index in [0.29, 0.717) is 38.2 Å². The number of thiazole rings is 1. The van der Waals surface area contributed by atoms with Gasteiger partial charge in [-0.25, -0.2) is 9.67 Å². The second-order valence-electron chi connectivity index (χ2n) is 8.25. The first-order chi connectivity index (χ1) is 16.9. The van der Waals surface area contributed by atoms with E-state index in [1.165, 1.54) is 23.6 Å². The van der Waals surface area contributed by atoms with Crippen molar-refractivity contribution in [3.8, 4) is 0 Å². The fraction of sp³-hybridized carbons (Fsp3) is 0.500. The Morgan fingerprint density at radius 2 is 1.83 bits per heavy atom. The number of halogens is 6. The maximum absolute atomic E-state index is 13.1. The van der Waals surface area contributed by atoms with Crippen molar-refractivity contribution < 1.29 is 31.3 Å². The van der Waals surface area contributed by atoms with E-state index in [0.717, 1.165) is 11.2 Å².